The number of fused-ring (bicyclic) bond motifs is 3. The summed E-state index contributed by atoms with van der Waals surface area (Å²) in [5, 5.41) is 3.70. The molecule has 1 atom stereocenters. The molecule has 36 heavy (non-hydrogen) atoms. The molecule has 2 aromatic carbocycles. The number of aromatic nitrogens is 2. The first-order valence-corrected chi connectivity index (χ1v) is 13.8. The molecule has 6 rings (SSSR count). The van der Waals surface area contributed by atoms with Gasteiger partial charge in [0.15, 0.2) is 0 Å². The SMILES string of the molecule is CC(C)NCc1cccc2c1C1(CCN(Cc3ccccc3)CC1)CN2c1ncnc2c1[C@H](C)CC2. The molecule has 0 bridgehead atoms. The Hall–Kier alpha value is -2.76. The maximum absolute atomic E-state index is 4.92. The van der Waals surface area contributed by atoms with Crippen LogP contribution in [0, 0.1) is 0 Å². The topological polar surface area (TPSA) is 44.3 Å². The van der Waals surface area contributed by atoms with Crippen LogP contribution in [0.4, 0.5) is 11.5 Å². The van der Waals surface area contributed by atoms with E-state index in [1.54, 1.807) is 11.9 Å². The maximum atomic E-state index is 4.92. The van der Waals surface area contributed by atoms with E-state index >= 15 is 0 Å². The van der Waals surface area contributed by atoms with Crippen molar-refractivity contribution in [1.82, 2.24) is 20.2 Å². The van der Waals surface area contributed by atoms with E-state index in [0.29, 0.717) is 12.0 Å². The van der Waals surface area contributed by atoms with Crippen LogP contribution < -0.4 is 10.2 Å². The Kier molecular flexibility index (Phi) is 6.30. The third kappa shape index (κ3) is 4.22. The highest BCUT2D eigenvalue weighted by Gasteiger charge is 2.47. The van der Waals surface area contributed by atoms with Crippen LogP contribution in [-0.4, -0.2) is 40.5 Å². The van der Waals surface area contributed by atoms with E-state index in [9.17, 15) is 0 Å². The van der Waals surface area contributed by atoms with Crippen molar-refractivity contribution in [3.05, 3.63) is 82.8 Å². The van der Waals surface area contributed by atoms with E-state index < -0.39 is 0 Å². The quantitative estimate of drug-likeness (QED) is 0.489. The molecule has 5 heteroatoms. The van der Waals surface area contributed by atoms with Crippen LogP contribution in [-0.2, 0) is 24.9 Å². The highest BCUT2D eigenvalue weighted by atomic mass is 15.2. The Morgan fingerprint density at radius 3 is 2.61 bits per heavy atom. The Balaban J connectivity index is 1.35. The van der Waals surface area contributed by atoms with E-state index in [1.807, 2.05) is 0 Å². The second kappa shape index (κ2) is 9.60. The van der Waals surface area contributed by atoms with Gasteiger partial charge in [-0.2, -0.15) is 0 Å². The Labute approximate surface area is 216 Å². The molecule has 188 valence electrons. The second-order valence-corrected chi connectivity index (χ2v) is 11.5. The fourth-order valence-corrected chi connectivity index (χ4v) is 6.77. The lowest BCUT2D eigenvalue weighted by Gasteiger charge is -2.41. The minimum absolute atomic E-state index is 0.164. The summed E-state index contributed by atoms with van der Waals surface area (Å²) in [6.45, 7) is 12.1. The van der Waals surface area contributed by atoms with Crippen molar-refractivity contribution in [2.75, 3.05) is 24.5 Å². The van der Waals surface area contributed by atoms with Crippen molar-refractivity contribution in [2.24, 2.45) is 0 Å². The molecule has 1 saturated heterocycles. The smallest absolute Gasteiger partial charge is 0.140 e. The molecule has 3 heterocycles. The highest BCUT2D eigenvalue weighted by Crippen LogP contribution is 2.52. The van der Waals surface area contributed by atoms with Gasteiger partial charge in [0.25, 0.3) is 0 Å². The summed E-state index contributed by atoms with van der Waals surface area (Å²) in [5.74, 6) is 1.68. The zero-order chi connectivity index (χ0) is 24.7. The molecule has 0 unspecified atom stereocenters. The fraction of sp³-hybridized carbons (Fsp3) is 0.484. The first-order chi connectivity index (χ1) is 17.5. The number of anilines is 2. The molecule has 5 nitrogen and oxygen atoms in total. The molecule has 0 amide bonds. The van der Waals surface area contributed by atoms with Gasteiger partial charge in [-0.15, -0.1) is 0 Å². The number of nitrogens with zero attached hydrogens (tertiary/aromatic N) is 4. The number of aryl methyl sites for hydroxylation is 1. The number of rotatable bonds is 6. The summed E-state index contributed by atoms with van der Waals surface area (Å²) in [6, 6.07) is 18.3. The number of hydrogen-bond donors (Lipinski definition) is 1. The van der Waals surface area contributed by atoms with Crippen molar-refractivity contribution in [2.45, 2.75) is 76.9 Å². The van der Waals surface area contributed by atoms with Gasteiger partial charge in [0, 0.05) is 48.0 Å². The molecule has 3 aromatic rings. The highest BCUT2D eigenvalue weighted by molar-refractivity contribution is 5.75. The summed E-state index contributed by atoms with van der Waals surface area (Å²) in [4.78, 5) is 14.8. The molecule has 1 fully saturated rings. The number of likely N-dealkylation sites (tertiary alicyclic amines) is 1. The lowest BCUT2D eigenvalue weighted by atomic mass is 9.72. The molecular formula is C31H39N5. The first-order valence-electron chi connectivity index (χ1n) is 13.8. The summed E-state index contributed by atoms with van der Waals surface area (Å²) in [7, 11) is 0. The van der Waals surface area contributed by atoms with Crippen LogP contribution in [0.1, 0.15) is 73.9 Å². The van der Waals surface area contributed by atoms with Gasteiger partial charge in [-0.3, -0.25) is 4.90 Å². The van der Waals surface area contributed by atoms with Crippen LogP contribution >= 0.6 is 0 Å². The molecule has 1 aliphatic carbocycles. The van der Waals surface area contributed by atoms with Crippen LogP contribution in [0.5, 0.6) is 0 Å². The van der Waals surface area contributed by atoms with Crippen molar-refractivity contribution in [3.8, 4) is 0 Å². The third-order valence-corrected chi connectivity index (χ3v) is 8.68. The van der Waals surface area contributed by atoms with Crippen LogP contribution in [0.2, 0.25) is 0 Å². The predicted octanol–water partition coefficient (Wildman–Crippen LogP) is 5.71. The standard InChI is InChI=1S/C31H39N5/c1-22(2)32-18-25-10-7-11-27-29(25)31(14-16-35(17-15-31)19-24-8-5-4-6-9-24)20-36(27)30-28-23(3)12-13-26(28)33-21-34-30/h4-11,21-23,32H,12-20H2,1-3H3/t23-/m1/s1. The number of piperidine rings is 1. The summed E-state index contributed by atoms with van der Waals surface area (Å²) in [6.07, 6.45) is 6.42. The number of benzene rings is 2. The van der Waals surface area contributed by atoms with Gasteiger partial charge in [0.2, 0.25) is 0 Å². The van der Waals surface area contributed by atoms with Crippen LogP contribution in [0.3, 0.4) is 0 Å². The Morgan fingerprint density at radius 1 is 1.03 bits per heavy atom. The molecule has 2 aliphatic heterocycles. The molecule has 0 radical (unpaired) electrons. The van der Waals surface area contributed by atoms with Crippen molar-refractivity contribution >= 4 is 11.5 Å². The van der Waals surface area contributed by atoms with E-state index in [-0.39, 0.29) is 5.41 Å². The molecule has 0 saturated carbocycles. The summed E-state index contributed by atoms with van der Waals surface area (Å²) < 4.78 is 0. The van der Waals surface area contributed by atoms with Gasteiger partial charge < -0.3 is 10.2 Å². The Morgan fingerprint density at radius 2 is 1.83 bits per heavy atom. The first kappa shape index (κ1) is 23.6. The zero-order valence-electron chi connectivity index (χ0n) is 22.0. The zero-order valence-corrected chi connectivity index (χ0v) is 22.0. The van der Waals surface area contributed by atoms with Gasteiger partial charge in [-0.05, 0) is 67.4 Å². The van der Waals surface area contributed by atoms with Gasteiger partial charge in [-0.25, -0.2) is 9.97 Å². The minimum Gasteiger partial charge on any atom is -0.325 e. The second-order valence-electron chi connectivity index (χ2n) is 11.5. The van der Waals surface area contributed by atoms with Crippen molar-refractivity contribution in [1.29, 1.82) is 0 Å². The minimum atomic E-state index is 0.164. The fourth-order valence-electron chi connectivity index (χ4n) is 6.77. The van der Waals surface area contributed by atoms with E-state index in [1.165, 1.54) is 47.3 Å². The number of nitrogens with one attached hydrogen (secondary N) is 1. The Bertz CT molecular complexity index is 1210. The maximum Gasteiger partial charge on any atom is 0.140 e. The van der Waals surface area contributed by atoms with Gasteiger partial charge in [0.05, 0.1) is 0 Å². The molecular weight excluding hydrogens is 442 g/mol. The van der Waals surface area contributed by atoms with Crippen molar-refractivity contribution in [3.63, 3.8) is 0 Å². The van der Waals surface area contributed by atoms with Gasteiger partial charge in [0.1, 0.15) is 12.1 Å². The summed E-state index contributed by atoms with van der Waals surface area (Å²) >= 11 is 0. The normalized spacial score (nSPS) is 20.8. The average Bonchev–Trinajstić information content (AvgIpc) is 3.43. The average molecular weight is 482 g/mol. The largest absolute Gasteiger partial charge is 0.325 e. The van der Waals surface area contributed by atoms with Crippen LogP contribution in [0.25, 0.3) is 0 Å². The predicted molar refractivity (Wildman–Crippen MR) is 147 cm³/mol. The van der Waals surface area contributed by atoms with E-state index in [2.05, 4.69) is 89.4 Å². The van der Waals surface area contributed by atoms with E-state index in [4.69, 9.17) is 4.98 Å². The summed E-state index contributed by atoms with van der Waals surface area (Å²) in [5.41, 5.74) is 8.61. The van der Waals surface area contributed by atoms with Crippen molar-refractivity contribution < 1.29 is 0 Å². The molecule has 1 N–H and O–H groups in total. The number of hydrogen-bond acceptors (Lipinski definition) is 5. The third-order valence-electron chi connectivity index (χ3n) is 8.68. The lowest BCUT2D eigenvalue weighted by molar-refractivity contribution is 0.160. The molecule has 1 aromatic heterocycles. The van der Waals surface area contributed by atoms with Gasteiger partial charge in [-0.1, -0.05) is 63.2 Å². The monoisotopic (exact) mass is 481 g/mol. The van der Waals surface area contributed by atoms with Crippen LogP contribution in [0.15, 0.2) is 54.9 Å². The lowest BCUT2D eigenvalue weighted by Crippen LogP contribution is -2.45. The van der Waals surface area contributed by atoms with E-state index in [0.717, 1.165) is 45.0 Å². The molecule has 3 aliphatic rings. The van der Waals surface area contributed by atoms with Gasteiger partial charge >= 0.3 is 0 Å². The molecule has 1 spiro atoms.